The van der Waals surface area contributed by atoms with Gasteiger partial charge in [0.05, 0.1) is 5.41 Å². The van der Waals surface area contributed by atoms with E-state index in [9.17, 15) is 9.90 Å². The van der Waals surface area contributed by atoms with Gasteiger partial charge in [-0.2, -0.15) is 0 Å². The minimum absolute atomic E-state index is 0.0618. The van der Waals surface area contributed by atoms with Crippen LogP contribution in [-0.4, -0.2) is 17.6 Å². The maximum Gasteiger partial charge on any atom is 0.311 e. The third-order valence-corrected chi connectivity index (χ3v) is 4.08. The van der Waals surface area contributed by atoms with E-state index in [0.29, 0.717) is 6.42 Å². The molecule has 19 heavy (non-hydrogen) atoms. The fourth-order valence-corrected chi connectivity index (χ4v) is 2.48. The molecule has 1 aromatic rings. The first kappa shape index (κ1) is 15.7. The summed E-state index contributed by atoms with van der Waals surface area (Å²) in [6.45, 7) is 4.10. The monoisotopic (exact) mass is 263 g/mol. The number of hydrogen-bond acceptors (Lipinski definition) is 2. The number of carbonyl (C=O) groups is 1. The van der Waals surface area contributed by atoms with Crippen molar-refractivity contribution in [2.75, 3.05) is 6.54 Å². The predicted octanol–water partition coefficient (Wildman–Crippen LogP) is 3.09. The van der Waals surface area contributed by atoms with Crippen LogP contribution in [0.4, 0.5) is 0 Å². The number of aryl methyl sites for hydroxylation is 1. The molecule has 3 N–H and O–H groups in total. The summed E-state index contributed by atoms with van der Waals surface area (Å²) in [5.41, 5.74) is 6.26. The Balaban J connectivity index is 2.47. The molecule has 106 valence electrons. The summed E-state index contributed by atoms with van der Waals surface area (Å²) in [4.78, 5) is 11.5. The quantitative estimate of drug-likeness (QED) is 0.708. The van der Waals surface area contributed by atoms with E-state index in [2.05, 4.69) is 12.1 Å². The number of carboxylic acid groups (broad SMARTS) is 1. The van der Waals surface area contributed by atoms with Crippen molar-refractivity contribution in [2.45, 2.75) is 39.5 Å². The summed E-state index contributed by atoms with van der Waals surface area (Å²) in [6, 6.07) is 10.3. The van der Waals surface area contributed by atoms with Crippen molar-refractivity contribution < 1.29 is 9.90 Å². The van der Waals surface area contributed by atoms with Crippen molar-refractivity contribution in [1.29, 1.82) is 0 Å². The van der Waals surface area contributed by atoms with Crippen molar-refractivity contribution in [1.82, 2.24) is 0 Å². The third-order valence-electron chi connectivity index (χ3n) is 4.08. The zero-order chi connectivity index (χ0) is 14.3. The first-order chi connectivity index (χ1) is 9.03. The van der Waals surface area contributed by atoms with E-state index < -0.39 is 11.4 Å². The lowest BCUT2D eigenvalue weighted by Gasteiger charge is -2.32. The molecule has 3 heteroatoms. The van der Waals surface area contributed by atoms with Gasteiger partial charge in [0, 0.05) is 6.54 Å². The Hall–Kier alpha value is -1.35. The molecule has 1 unspecified atom stereocenters. The van der Waals surface area contributed by atoms with Gasteiger partial charge in [0.2, 0.25) is 0 Å². The van der Waals surface area contributed by atoms with Crippen LogP contribution in [0.25, 0.3) is 0 Å². The number of hydrogen-bond donors (Lipinski definition) is 2. The van der Waals surface area contributed by atoms with Gasteiger partial charge in [-0.1, -0.05) is 50.6 Å². The van der Waals surface area contributed by atoms with Crippen LogP contribution in [-0.2, 0) is 11.2 Å². The Morgan fingerprint density at radius 1 is 1.26 bits per heavy atom. The van der Waals surface area contributed by atoms with Gasteiger partial charge >= 0.3 is 5.97 Å². The van der Waals surface area contributed by atoms with Crippen LogP contribution in [0.3, 0.4) is 0 Å². The number of benzene rings is 1. The van der Waals surface area contributed by atoms with E-state index in [1.807, 2.05) is 32.0 Å². The lowest BCUT2D eigenvalue weighted by Crippen LogP contribution is -2.43. The molecule has 0 fully saturated rings. The van der Waals surface area contributed by atoms with Gasteiger partial charge in [-0.25, -0.2) is 0 Å². The van der Waals surface area contributed by atoms with Gasteiger partial charge in [0.15, 0.2) is 0 Å². The molecule has 0 amide bonds. The van der Waals surface area contributed by atoms with E-state index in [0.717, 1.165) is 19.3 Å². The lowest BCUT2D eigenvalue weighted by molar-refractivity contribution is -0.151. The van der Waals surface area contributed by atoms with Gasteiger partial charge < -0.3 is 10.8 Å². The summed E-state index contributed by atoms with van der Waals surface area (Å²) in [7, 11) is 0. The summed E-state index contributed by atoms with van der Waals surface area (Å²) < 4.78 is 0. The SMILES string of the molecule is CC(C)C(CN)(CCCCc1ccccc1)C(=O)O. The molecule has 0 aliphatic carbocycles. The van der Waals surface area contributed by atoms with Crippen molar-refractivity contribution in [3.8, 4) is 0 Å². The van der Waals surface area contributed by atoms with Crippen LogP contribution in [0.15, 0.2) is 30.3 Å². The summed E-state index contributed by atoms with van der Waals surface area (Å²) in [5.74, 6) is -0.698. The Labute approximate surface area is 115 Å². The highest BCUT2D eigenvalue weighted by Crippen LogP contribution is 2.33. The average molecular weight is 263 g/mol. The van der Waals surface area contributed by atoms with Crippen LogP contribution < -0.4 is 5.73 Å². The zero-order valence-corrected chi connectivity index (χ0v) is 11.9. The van der Waals surface area contributed by atoms with Crippen molar-refractivity contribution >= 4 is 5.97 Å². The molecule has 1 aromatic carbocycles. The second-order valence-corrected chi connectivity index (χ2v) is 5.51. The molecule has 0 spiro atoms. The normalized spacial score (nSPS) is 14.3. The van der Waals surface area contributed by atoms with Crippen LogP contribution >= 0.6 is 0 Å². The molecule has 1 rings (SSSR count). The second-order valence-electron chi connectivity index (χ2n) is 5.51. The highest BCUT2D eigenvalue weighted by atomic mass is 16.4. The topological polar surface area (TPSA) is 63.3 Å². The van der Waals surface area contributed by atoms with Gasteiger partial charge in [-0.05, 0) is 30.7 Å². The summed E-state index contributed by atoms with van der Waals surface area (Å²) in [6.07, 6.45) is 3.56. The third kappa shape index (κ3) is 4.06. The Kier molecular flexibility index (Phi) is 6.03. The molecule has 0 aromatic heterocycles. The van der Waals surface area contributed by atoms with Gasteiger partial charge in [0.25, 0.3) is 0 Å². The molecule has 3 nitrogen and oxygen atoms in total. The molecule has 0 radical (unpaired) electrons. The molecular formula is C16H25NO2. The van der Waals surface area contributed by atoms with Gasteiger partial charge in [-0.15, -0.1) is 0 Å². The molecule has 0 bridgehead atoms. The minimum Gasteiger partial charge on any atom is -0.481 e. The predicted molar refractivity (Wildman–Crippen MR) is 78.0 cm³/mol. The van der Waals surface area contributed by atoms with E-state index in [-0.39, 0.29) is 12.5 Å². The first-order valence-corrected chi connectivity index (χ1v) is 7.00. The molecule has 0 aliphatic rings. The molecule has 0 saturated carbocycles. The Bertz CT molecular complexity index is 389. The minimum atomic E-state index is -0.767. The summed E-state index contributed by atoms with van der Waals surface area (Å²) in [5, 5.41) is 9.43. The van der Waals surface area contributed by atoms with Crippen molar-refractivity contribution in [3.63, 3.8) is 0 Å². The zero-order valence-electron chi connectivity index (χ0n) is 11.9. The van der Waals surface area contributed by atoms with Crippen molar-refractivity contribution in [3.05, 3.63) is 35.9 Å². The Morgan fingerprint density at radius 2 is 1.89 bits per heavy atom. The van der Waals surface area contributed by atoms with Gasteiger partial charge in [0.1, 0.15) is 0 Å². The number of nitrogens with two attached hydrogens (primary N) is 1. The lowest BCUT2D eigenvalue weighted by atomic mass is 9.73. The number of aliphatic carboxylic acids is 1. The van der Waals surface area contributed by atoms with Crippen LogP contribution in [0.2, 0.25) is 0 Å². The smallest absolute Gasteiger partial charge is 0.311 e. The Morgan fingerprint density at radius 3 is 2.37 bits per heavy atom. The van der Waals surface area contributed by atoms with Crippen LogP contribution in [0.1, 0.15) is 38.7 Å². The molecule has 1 atom stereocenters. The highest BCUT2D eigenvalue weighted by molar-refractivity contribution is 5.75. The first-order valence-electron chi connectivity index (χ1n) is 7.00. The van der Waals surface area contributed by atoms with Crippen molar-refractivity contribution in [2.24, 2.45) is 17.1 Å². The van der Waals surface area contributed by atoms with Crippen LogP contribution in [0, 0.1) is 11.3 Å². The van der Waals surface area contributed by atoms with E-state index >= 15 is 0 Å². The number of rotatable bonds is 8. The maximum atomic E-state index is 11.5. The standard InChI is InChI=1S/C16H25NO2/c1-13(2)16(12-17,15(18)19)11-7-6-10-14-8-4-3-5-9-14/h3-5,8-9,13H,6-7,10-12,17H2,1-2H3,(H,18,19). The van der Waals surface area contributed by atoms with E-state index in [4.69, 9.17) is 5.73 Å². The number of carboxylic acids is 1. The molecule has 0 aliphatic heterocycles. The maximum absolute atomic E-state index is 11.5. The average Bonchev–Trinajstić information content (AvgIpc) is 2.39. The van der Waals surface area contributed by atoms with Crippen LogP contribution in [0.5, 0.6) is 0 Å². The number of unbranched alkanes of at least 4 members (excludes halogenated alkanes) is 1. The summed E-state index contributed by atoms with van der Waals surface area (Å²) >= 11 is 0. The van der Waals surface area contributed by atoms with E-state index in [1.165, 1.54) is 5.56 Å². The second kappa shape index (κ2) is 7.29. The van der Waals surface area contributed by atoms with E-state index in [1.54, 1.807) is 0 Å². The largest absolute Gasteiger partial charge is 0.481 e. The fraction of sp³-hybridized carbons (Fsp3) is 0.562. The molecule has 0 saturated heterocycles. The molecule has 0 heterocycles. The highest BCUT2D eigenvalue weighted by Gasteiger charge is 2.39. The fourth-order valence-electron chi connectivity index (χ4n) is 2.48. The van der Waals surface area contributed by atoms with Gasteiger partial charge in [-0.3, -0.25) is 4.79 Å². The molecular weight excluding hydrogens is 238 g/mol.